The number of ether oxygens (including phenoxy) is 2. The molecule has 0 radical (unpaired) electrons. The molecule has 5 heterocycles. The number of aryl methyl sites for hydroxylation is 4. The van der Waals surface area contributed by atoms with Crippen LogP contribution in [0.5, 0.6) is 5.75 Å². The quantitative estimate of drug-likeness (QED) is 0.0650. The monoisotopic (exact) mass is 854 g/mol. The molecule has 0 saturated carbocycles. The smallest absolute Gasteiger partial charge is 0.317 e. The molecule has 4 amide bonds. The first-order chi connectivity index (χ1) is 29.0. The Hall–Kier alpha value is -6.96. The normalized spacial score (nSPS) is 12.1. The van der Waals surface area contributed by atoms with Gasteiger partial charge in [0.05, 0.1) is 33.8 Å². The number of anilines is 1. The van der Waals surface area contributed by atoms with Crippen LogP contribution in [0, 0.1) is 13.8 Å². The first-order valence-electron chi connectivity index (χ1n) is 19.4. The molecule has 61 heavy (non-hydrogen) atoms. The average molecular weight is 855 g/mol. The number of amides is 4. The fraction of sp³-hybridized carbons (Fsp3) is 0.366. The molecule has 6 aromatic rings. The van der Waals surface area contributed by atoms with E-state index in [0.29, 0.717) is 58.3 Å². The zero-order valence-electron chi connectivity index (χ0n) is 34.8. The number of pyridine rings is 1. The van der Waals surface area contributed by atoms with Gasteiger partial charge >= 0.3 is 11.9 Å². The molecular formula is C41H46N10O9S. The highest BCUT2D eigenvalue weighted by atomic mass is 32.1. The second-order valence-electron chi connectivity index (χ2n) is 14.8. The highest BCUT2D eigenvalue weighted by Crippen LogP contribution is 2.32. The van der Waals surface area contributed by atoms with Crippen LogP contribution in [0.4, 0.5) is 5.95 Å². The molecule has 0 atom stereocenters. The van der Waals surface area contributed by atoms with Crippen molar-refractivity contribution < 1.29 is 42.3 Å². The molecule has 0 unspecified atom stereocenters. The fourth-order valence-corrected chi connectivity index (χ4v) is 7.34. The Bertz CT molecular complexity index is 2780. The van der Waals surface area contributed by atoms with Crippen molar-refractivity contribution in [3.8, 4) is 5.75 Å². The number of carbonyl (C=O) groups excluding carboxylic acids is 5. The third-order valence-corrected chi connectivity index (χ3v) is 9.96. The van der Waals surface area contributed by atoms with E-state index in [1.165, 1.54) is 18.3 Å². The molecule has 0 spiro atoms. The molecule has 0 saturated heterocycles. The molecule has 0 fully saturated rings. The molecule has 19 nitrogen and oxygen atoms in total. The lowest BCUT2D eigenvalue weighted by Gasteiger charge is -2.19. The van der Waals surface area contributed by atoms with Gasteiger partial charge in [-0.25, -0.2) is 19.9 Å². The fourth-order valence-electron chi connectivity index (χ4n) is 6.31. The van der Waals surface area contributed by atoms with Gasteiger partial charge in [0.2, 0.25) is 29.3 Å². The van der Waals surface area contributed by atoms with Gasteiger partial charge in [0.25, 0.3) is 5.91 Å². The summed E-state index contributed by atoms with van der Waals surface area (Å²) in [5.41, 5.74) is 13.0. The van der Waals surface area contributed by atoms with Gasteiger partial charge in [-0.3, -0.25) is 33.9 Å². The van der Waals surface area contributed by atoms with Gasteiger partial charge in [-0.2, -0.15) is 4.99 Å². The summed E-state index contributed by atoms with van der Waals surface area (Å²) >= 11 is 1.14. The van der Waals surface area contributed by atoms with Crippen LogP contribution in [0.25, 0.3) is 21.4 Å². The number of aromatic nitrogens is 6. The molecule has 0 aliphatic heterocycles. The number of oxazole rings is 2. The van der Waals surface area contributed by atoms with Crippen LogP contribution in [0.15, 0.2) is 50.4 Å². The summed E-state index contributed by atoms with van der Waals surface area (Å²) in [6.45, 7) is 12.6. The predicted octanol–water partition coefficient (Wildman–Crippen LogP) is 5.11. The molecule has 5 N–H and O–H groups in total. The zero-order valence-corrected chi connectivity index (χ0v) is 35.6. The number of hydrogen-bond acceptors (Lipinski definition) is 14. The Morgan fingerprint density at radius 3 is 2.16 bits per heavy atom. The van der Waals surface area contributed by atoms with Gasteiger partial charge in [-0.1, -0.05) is 37.3 Å². The van der Waals surface area contributed by atoms with Crippen molar-refractivity contribution in [3.63, 3.8) is 0 Å². The third kappa shape index (κ3) is 10.1. The topological polar surface area (TPSA) is 268 Å². The van der Waals surface area contributed by atoms with Crippen molar-refractivity contribution in [1.82, 2.24) is 29.1 Å². The molecule has 0 aliphatic carbocycles. The molecule has 320 valence electrons. The van der Waals surface area contributed by atoms with Crippen LogP contribution >= 0.6 is 11.3 Å². The first kappa shape index (κ1) is 43.6. The Kier molecular flexibility index (Phi) is 13.0. The van der Waals surface area contributed by atoms with Crippen molar-refractivity contribution in [2.45, 2.75) is 92.8 Å². The Labute approximate surface area is 352 Å². The summed E-state index contributed by atoms with van der Waals surface area (Å²) in [6.07, 6.45) is 6.20. The van der Waals surface area contributed by atoms with E-state index in [1.54, 1.807) is 62.0 Å². The average Bonchev–Trinajstić information content (AvgIpc) is 3.96. The number of nitrogens with zero attached hydrogens (tertiary/aromatic N) is 7. The van der Waals surface area contributed by atoms with E-state index in [9.17, 15) is 24.0 Å². The van der Waals surface area contributed by atoms with E-state index < -0.39 is 29.2 Å². The molecule has 0 aliphatic rings. The number of benzene rings is 1. The SMILES string of the molecule is CCc1nc(C)oc1C(=O)/N=c1\sc2cc(C(N)=O)cnc2n1C/C=C/Cn1c(NC(=O)c2oc(C)nc2CC)nc2cc(C(N)=O)cc(OCCCC(=O)OC(C)(C)C)c21. The van der Waals surface area contributed by atoms with Crippen LogP contribution in [-0.4, -0.2) is 70.9 Å². The Morgan fingerprint density at radius 2 is 1.52 bits per heavy atom. The Morgan fingerprint density at radius 1 is 0.885 bits per heavy atom. The van der Waals surface area contributed by atoms with Gasteiger partial charge < -0.3 is 34.3 Å². The predicted molar refractivity (Wildman–Crippen MR) is 223 cm³/mol. The standard InChI is InChI=1S/C41H46N10O9S/c1-8-25-32(58-21(3)45-25)37(55)48-39-47-27-17-23(34(42)53)18-28(57-16-12-13-30(52)60-41(5,6)7)31(27)50(39)14-10-11-15-51-36-29(19-24(20-44-36)35(43)54)61-40(51)49-38(56)33-26(9-2)46-22(4)59-33/h10-11,17-20H,8-9,12-16H2,1-7H3,(H2,42,53)(H2,43,54)(H,47,48,55)/b11-10+,49-40-. The summed E-state index contributed by atoms with van der Waals surface area (Å²) < 4.78 is 26.8. The number of carbonyl (C=O) groups is 5. The number of thiazole rings is 1. The van der Waals surface area contributed by atoms with Gasteiger partial charge in [0.1, 0.15) is 16.9 Å². The van der Waals surface area contributed by atoms with Crippen LogP contribution < -0.4 is 26.3 Å². The maximum absolute atomic E-state index is 13.7. The molecule has 6 rings (SSSR count). The second-order valence-corrected chi connectivity index (χ2v) is 15.8. The van der Waals surface area contributed by atoms with Gasteiger partial charge in [0.15, 0.2) is 22.2 Å². The lowest BCUT2D eigenvalue weighted by atomic mass is 10.1. The summed E-state index contributed by atoms with van der Waals surface area (Å²) in [7, 11) is 0. The lowest BCUT2D eigenvalue weighted by molar-refractivity contribution is -0.155. The molecule has 0 bridgehead atoms. The minimum Gasteiger partial charge on any atom is -0.491 e. The van der Waals surface area contributed by atoms with Crippen LogP contribution in [0.1, 0.15) is 112 Å². The maximum atomic E-state index is 13.7. The highest BCUT2D eigenvalue weighted by molar-refractivity contribution is 7.16. The van der Waals surface area contributed by atoms with E-state index >= 15 is 0 Å². The lowest BCUT2D eigenvalue weighted by Crippen LogP contribution is -2.24. The number of nitrogens with two attached hydrogens (primary N) is 2. The number of primary amides is 2. The van der Waals surface area contributed by atoms with E-state index in [2.05, 4.69) is 30.2 Å². The number of esters is 1. The van der Waals surface area contributed by atoms with Crippen molar-refractivity contribution >= 4 is 68.3 Å². The summed E-state index contributed by atoms with van der Waals surface area (Å²) in [4.78, 5) is 86.3. The maximum Gasteiger partial charge on any atom is 0.317 e. The van der Waals surface area contributed by atoms with Crippen LogP contribution in [0.2, 0.25) is 0 Å². The third-order valence-electron chi connectivity index (χ3n) is 8.94. The number of hydrogen-bond donors (Lipinski definition) is 3. The minimum atomic E-state index is -0.731. The molecule has 5 aromatic heterocycles. The van der Waals surface area contributed by atoms with Crippen molar-refractivity contribution in [3.05, 3.63) is 87.2 Å². The van der Waals surface area contributed by atoms with Crippen LogP contribution in [-0.2, 0) is 35.5 Å². The van der Waals surface area contributed by atoms with Gasteiger partial charge in [-0.15, -0.1) is 0 Å². The number of imidazole rings is 1. The molecule has 1 aromatic carbocycles. The van der Waals surface area contributed by atoms with Crippen LogP contribution in [0.3, 0.4) is 0 Å². The number of fused-ring (bicyclic) bond motifs is 2. The highest BCUT2D eigenvalue weighted by Gasteiger charge is 2.24. The second kappa shape index (κ2) is 18.1. The van der Waals surface area contributed by atoms with E-state index in [-0.39, 0.29) is 76.7 Å². The van der Waals surface area contributed by atoms with Gasteiger partial charge in [0, 0.05) is 45.1 Å². The molecular weight excluding hydrogens is 809 g/mol. The number of nitrogens with one attached hydrogen (secondary N) is 1. The van der Waals surface area contributed by atoms with E-state index in [0.717, 1.165) is 11.3 Å². The van der Waals surface area contributed by atoms with E-state index in [4.69, 9.17) is 29.8 Å². The van der Waals surface area contributed by atoms with Crippen molar-refractivity contribution in [1.29, 1.82) is 0 Å². The van der Waals surface area contributed by atoms with E-state index in [1.807, 2.05) is 13.8 Å². The summed E-state index contributed by atoms with van der Waals surface area (Å²) in [5, 5.41) is 2.83. The van der Waals surface area contributed by atoms with Crippen molar-refractivity contribution in [2.24, 2.45) is 16.5 Å². The largest absolute Gasteiger partial charge is 0.491 e. The minimum absolute atomic E-state index is 0.0238. The zero-order chi connectivity index (χ0) is 44.2. The van der Waals surface area contributed by atoms with Gasteiger partial charge in [-0.05, 0) is 58.2 Å². The number of allylic oxidation sites excluding steroid dienone is 2. The first-order valence-corrected chi connectivity index (χ1v) is 20.2. The summed E-state index contributed by atoms with van der Waals surface area (Å²) in [6, 6.07) is 4.54. The molecule has 20 heteroatoms. The Balaban J connectivity index is 1.38. The van der Waals surface area contributed by atoms with Crippen molar-refractivity contribution in [2.75, 3.05) is 11.9 Å². The summed E-state index contributed by atoms with van der Waals surface area (Å²) in [5.74, 6) is -2.00. The number of rotatable bonds is 16.